The Morgan fingerprint density at radius 1 is 1.19 bits per heavy atom. The van der Waals surface area contributed by atoms with Crippen LogP contribution in [0.2, 0.25) is 0 Å². The van der Waals surface area contributed by atoms with E-state index in [1.807, 2.05) is 12.1 Å². The summed E-state index contributed by atoms with van der Waals surface area (Å²) < 4.78 is 5.12. The minimum atomic E-state index is 0.134. The van der Waals surface area contributed by atoms with E-state index in [-0.39, 0.29) is 12.0 Å². The van der Waals surface area contributed by atoms with Crippen molar-refractivity contribution in [1.82, 2.24) is 0 Å². The van der Waals surface area contributed by atoms with Gasteiger partial charge in [0.2, 0.25) is 0 Å². The topological polar surface area (TPSA) is 29.5 Å². The smallest absolute Gasteiger partial charge is 0.118 e. The lowest BCUT2D eigenvalue weighted by atomic mass is 9.78. The maximum Gasteiger partial charge on any atom is 0.118 e. The van der Waals surface area contributed by atoms with Crippen LogP contribution in [0.3, 0.4) is 0 Å². The second-order valence-electron chi connectivity index (χ2n) is 5.30. The molecule has 0 heterocycles. The lowest BCUT2D eigenvalue weighted by molar-refractivity contribution is 0.131. The maximum atomic E-state index is 9.40. The summed E-state index contributed by atoms with van der Waals surface area (Å²) in [6, 6.07) is 8.05. The minimum absolute atomic E-state index is 0.134. The molecule has 1 N–H and O–H groups in total. The van der Waals surface area contributed by atoms with Gasteiger partial charge in [-0.2, -0.15) is 0 Å². The van der Waals surface area contributed by atoms with Gasteiger partial charge in [-0.25, -0.2) is 0 Å². The molecule has 0 amide bonds. The third kappa shape index (κ3) is 3.53. The Balaban J connectivity index is 2.71. The van der Waals surface area contributed by atoms with Gasteiger partial charge in [-0.1, -0.05) is 32.9 Å². The average Bonchev–Trinajstić information content (AvgIpc) is 2.25. The van der Waals surface area contributed by atoms with E-state index in [1.54, 1.807) is 7.11 Å². The van der Waals surface area contributed by atoms with Gasteiger partial charge in [-0.05, 0) is 35.4 Å². The molecule has 0 aliphatic carbocycles. The second kappa shape index (κ2) is 5.35. The van der Waals surface area contributed by atoms with Gasteiger partial charge >= 0.3 is 0 Å². The largest absolute Gasteiger partial charge is 0.497 e. The Morgan fingerprint density at radius 3 is 2.12 bits per heavy atom. The first-order valence-electron chi connectivity index (χ1n) is 5.71. The first-order valence-corrected chi connectivity index (χ1v) is 5.71. The highest BCUT2D eigenvalue weighted by Crippen LogP contribution is 2.29. The number of hydrogen-bond donors (Lipinski definition) is 1. The molecule has 0 aliphatic heterocycles. The van der Waals surface area contributed by atoms with Gasteiger partial charge in [-0.3, -0.25) is 0 Å². The van der Waals surface area contributed by atoms with Gasteiger partial charge < -0.3 is 9.84 Å². The zero-order valence-corrected chi connectivity index (χ0v) is 10.7. The van der Waals surface area contributed by atoms with Crippen LogP contribution in [0, 0.1) is 11.3 Å². The van der Waals surface area contributed by atoms with E-state index in [4.69, 9.17) is 4.74 Å². The van der Waals surface area contributed by atoms with E-state index >= 15 is 0 Å². The molecular weight excluding hydrogens is 200 g/mol. The van der Waals surface area contributed by atoms with E-state index < -0.39 is 0 Å². The van der Waals surface area contributed by atoms with Crippen LogP contribution in [0.25, 0.3) is 0 Å². The molecule has 90 valence electrons. The molecule has 1 atom stereocenters. The van der Waals surface area contributed by atoms with Gasteiger partial charge in [-0.15, -0.1) is 0 Å². The molecule has 0 aromatic heterocycles. The summed E-state index contributed by atoms with van der Waals surface area (Å²) in [5.74, 6) is 1.17. The lowest BCUT2D eigenvalue weighted by Gasteiger charge is -2.29. The molecule has 0 bridgehead atoms. The van der Waals surface area contributed by atoms with Crippen molar-refractivity contribution >= 4 is 0 Å². The van der Waals surface area contributed by atoms with Gasteiger partial charge in [0, 0.05) is 6.61 Å². The van der Waals surface area contributed by atoms with Crippen molar-refractivity contribution < 1.29 is 9.84 Å². The van der Waals surface area contributed by atoms with Crippen LogP contribution in [0.4, 0.5) is 0 Å². The van der Waals surface area contributed by atoms with Crippen LogP contribution in [0.15, 0.2) is 24.3 Å². The van der Waals surface area contributed by atoms with Crippen LogP contribution >= 0.6 is 0 Å². The van der Waals surface area contributed by atoms with Crippen LogP contribution < -0.4 is 4.74 Å². The van der Waals surface area contributed by atoms with Crippen LogP contribution in [-0.2, 0) is 6.42 Å². The zero-order chi connectivity index (χ0) is 12.2. The summed E-state index contributed by atoms with van der Waals surface area (Å²) >= 11 is 0. The van der Waals surface area contributed by atoms with Crippen molar-refractivity contribution in [3.8, 4) is 5.75 Å². The molecule has 0 radical (unpaired) electrons. The molecule has 0 saturated carbocycles. The van der Waals surface area contributed by atoms with E-state index in [1.165, 1.54) is 5.56 Å². The lowest BCUT2D eigenvalue weighted by Crippen LogP contribution is -2.25. The Bertz CT molecular complexity index is 309. The fraction of sp³-hybridized carbons (Fsp3) is 0.571. The van der Waals surface area contributed by atoms with Crippen LogP contribution in [0.1, 0.15) is 26.3 Å². The third-order valence-electron chi connectivity index (χ3n) is 3.09. The number of aliphatic hydroxyl groups excluding tert-OH is 1. The first kappa shape index (κ1) is 13.0. The van der Waals surface area contributed by atoms with Crippen molar-refractivity contribution in [2.24, 2.45) is 11.3 Å². The van der Waals surface area contributed by atoms with Crippen LogP contribution in [-0.4, -0.2) is 18.8 Å². The summed E-state index contributed by atoms with van der Waals surface area (Å²) in [5, 5.41) is 9.40. The number of methoxy groups -OCH3 is 1. The number of rotatable bonds is 4. The predicted molar refractivity (Wildman–Crippen MR) is 66.7 cm³/mol. The predicted octanol–water partition coefficient (Wildman–Crippen LogP) is 2.89. The Kier molecular flexibility index (Phi) is 4.36. The summed E-state index contributed by atoms with van der Waals surface area (Å²) in [6.07, 6.45) is 0.907. The molecule has 0 spiro atoms. The molecule has 0 aliphatic rings. The summed E-state index contributed by atoms with van der Waals surface area (Å²) in [6.45, 7) is 6.72. The summed E-state index contributed by atoms with van der Waals surface area (Å²) in [4.78, 5) is 0. The second-order valence-corrected chi connectivity index (χ2v) is 5.30. The SMILES string of the molecule is COc1ccc(CC(CO)C(C)(C)C)cc1. The normalized spacial score (nSPS) is 13.6. The van der Waals surface area contributed by atoms with Crippen molar-refractivity contribution in [2.75, 3.05) is 13.7 Å². The Hall–Kier alpha value is -1.02. The molecule has 0 saturated heterocycles. The highest BCUT2D eigenvalue weighted by Gasteiger charge is 2.23. The number of hydrogen-bond acceptors (Lipinski definition) is 2. The number of ether oxygens (including phenoxy) is 1. The van der Waals surface area contributed by atoms with E-state index in [0.29, 0.717) is 5.92 Å². The highest BCUT2D eigenvalue weighted by molar-refractivity contribution is 5.27. The van der Waals surface area contributed by atoms with Crippen molar-refractivity contribution in [2.45, 2.75) is 27.2 Å². The van der Waals surface area contributed by atoms with E-state index in [0.717, 1.165) is 12.2 Å². The standard InChI is InChI=1S/C14H22O2/c1-14(2,3)12(10-15)9-11-5-7-13(16-4)8-6-11/h5-8,12,15H,9-10H2,1-4H3. The fourth-order valence-electron chi connectivity index (χ4n) is 1.69. The molecule has 2 nitrogen and oxygen atoms in total. The van der Waals surface area contributed by atoms with Crippen LogP contribution in [0.5, 0.6) is 5.75 Å². The Labute approximate surface area is 98.3 Å². The molecular formula is C14H22O2. The maximum absolute atomic E-state index is 9.40. The fourth-order valence-corrected chi connectivity index (χ4v) is 1.69. The monoisotopic (exact) mass is 222 g/mol. The average molecular weight is 222 g/mol. The zero-order valence-electron chi connectivity index (χ0n) is 10.7. The first-order chi connectivity index (χ1) is 7.47. The third-order valence-corrected chi connectivity index (χ3v) is 3.09. The molecule has 0 fully saturated rings. The molecule has 1 aromatic carbocycles. The molecule has 16 heavy (non-hydrogen) atoms. The quantitative estimate of drug-likeness (QED) is 0.848. The molecule has 2 heteroatoms. The van der Waals surface area contributed by atoms with Crippen molar-refractivity contribution in [1.29, 1.82) is 0 Å². The van der Waals surface area contributed by atoms with Gasteiger partial charge in [0.15, 0.2) is 0 Å². The molecule has 1 unspecified atom stereocenters. The number of aliphatic hydroxyl groups is 1. The minimum Gasteiger partial charge on any atom is -0.497 e. The summed E-state index contributed by atoms with van der Waals surface area (Å²) in [7, 11) is 1.67. The van der Waals surface area contributed by atoms with E-state index in [9.17, 15) is 5.11 Å². The highest BCUT2D eigenvalue weighted by atomic mass is 16.5. The van der Waals surface area contributed by atoms with Gasteiger partial charge in [0.1, 0.15) is 5.75 Å². The van der Waals surface area contributed by atoms with Crippen molar-refractivity contribution in [3.05, 3.63) is 29.8 Å². The Morgan fingerprint density at radius 2 is 1.75 bits per heavy atom. The summed E-state index contributed by atoms with van der Waals surface area (Å²) in [5.41, 5.74) is 1.38. The molecule has 1 aromatic rings. The van der Waals surface area contributed by atoms with Gasteiger partial charge in [0.25, 0.3) is 0 Å². The van der Waals surface area contributed by atoms with E-state index in [2.05, 4.69) is 32.9 Å². The molecule has 1 rings (SSSR count). The van der Waals surface area contributed by atoms with Gasteiger partial charge in [0.05, 0.1) is 7.11 Å². The number of benzene rings is 1. The van der Waals surface area contributed by atoms with Crippen molar-refractivity contribution in [3.63, 3.8) is 0 Å².